The first-order valence-electron chi connectivity index (χ1n) is 11.6. The Morgan fingerprint density at radius 3 is 2.61 bits per heavy atom. The van der Waals surface area contributed by atoms with E-state index in [0.29, 0.717) is 24.3 Å². The topological polar surface area (TPSA) is 79.7 Å². The zero-order valence-electron chi connectivity index (χ0n) is 19.9. The molecule has 1 amide bonds. The van der Waals surface area contributed by atoms with Crippen LogP contribution < -0.4 is 10.9 Å². The maximum absolute atomic E-state index is 13.6. The number of carbonyl (C=O) groups excluding carboxylic acids is 1. The van der Waals surface area contributed by atoms with Crippen molar-refractivity contribution in [3.63, 3.8) is 0 Å². The van der Waals surface area contributed by atoms with Crippen molar-refractivity contribution in [3.8, 4) is 11.3 Å². The van der Waals surface area contributed by atoms with Gasteiger partial charge >= 0.3 is 6.09 Å². The van der Waals surface area contributed by atoms with E-state index in [-0.39, 0.29) is 23.4 Å². The number of carbonyl (C=O) groups is 1. The van der Waals surface area contributed by atoms with Crippen molar-refractivity contribution in [2.75, 3.05) is 38.6 Å². The van der Waals surface area contributed by atoms with E-state index in [4.69, 9.17) is 4.74 Å². The third-order valence-corrected chi connectivity index (χ3v) is 5.63. The minimum Gasteiger partial charge on any atom is -0.449 e. The van der Waals surface area contributed by atoms with Crippen LogP contribution in [0.5, 0.6) is 0 Å². The molecule has 2 heterocycles. The molecule has 36 heavy (non-hydrogen) atoms. The number of hydrogen-bond donors (Lipinski definition) is 1. The lowest BCUT2D eigenvalue weighted by molar-refractivity contribution is 0.154. The first-order chi connectivity index (χ1) is 17.4. The van der Waals surface area contributed by atoms with Gasteiger partial charge in [0.25, 0.3) is 5.56 Å². The number of amides is 1. The molecule has 0 radical (unpaired) electrons. The molecule has 1 N–H and O–H groups in total. The van der Waals surface area contributed by atoms with Crippen LogP contribution in [0.3, 0.4) is 0 Å². The molecule has 4 rings (SSSR count). The van der Waals surface area contributed by atoms with Gasteiger partial charge < -0.3 is 14.5 Å². The monoisotopic (exact) mass is 495 g/mol. The standard InChI is InChI=1S/C26H27F2N5O3/c1-31-9-11-32(12-10-31)8-3-13-36-26(35)29-23-5-2-4-19(14-23)18-33-25(34)7-6-24(30-33)20-15-21(27)17-22(28)16-20/h2,4-7,9,11,14-17H,3,8,10,12-13,18H2,1H3,(H,29,35). The summed E-state index contributed by atoms with van der Waals surface area (Å²) in [7, 11) is 2.03. The highest BCUT2D eigenvalue weighted by Crippen LogP contribution is 2.19. The van der Waals surface area contributed by atoms with Crippen LogP contribution in [0.25, 0.3) is 11.3 Å². The summed E-state index contributed by atoms with van der Waals surface area (Å²) in [5.74, 6) is -1.46. The number of anilines is 1. The highest BCUT2D eigenvalue weighted by Gasteiger charge is 2.10. The minimum atomic E-state index is -0.730. The number of rotatable bonds is 8. The van der Waals surface area contributed by atoms with Crippen molar-refractivity contribution in [2.45, 2.75) is 13.0 Å². The van der Waals surface area contributed by atoms with Gasteiger partial charge in [-0.15, -0.1) is 0 Å². The van der Waals surface area contributed by atoms with Gasteiger partial charge in [-0.3, -0.25) is 10.1 Å². The number of nitrogens with one attached hydrogen (secondary N) is 1. The zero-order valence-corrected chi connectivity index (χ0v) is 19.9. The molecule has 188 valence electrons. The Morgan fingerprint density at radius 1 is 1.06 bits per heavy atom. The average Bonchev–Trinajstić information content (AvgIpc) is 2.84. The molecule has 0 saturated heterocycles. The summed E-state index contributed by atoms with van der Waals surface area (Å²) < 4.78 is 33.7. The normalized spacial score (nSPS) is 13.1. The maximum atomic E-state index is 13.6. The number of aromatic nitrogens is 2. The lowest BCUT2D eigenvalue weighted by Gasteiger charge is -2.28. The van der Waals surface area contributed by atoms with E-state index in [9.17, 15) is 18.4 Å². The second kappa shape index (κ2) is 11.5. The third-order valence-electron chi connectivity index (χ3n) is 5.63. The van der Waals surface area contributed by atoms with Crippen LogP contribution in [0.1, 0.15) is 12.0 Å². The summed E-state index contributed by atoms with van der Waals surface area (Å²) in [6.45, 7) is 3.09. The van der Waals surface area contributed by atoms with Gasteiger partial charge in [0, 0.05) is 62.5 Å². The van der Waals surface area contributed by atoms with E-state index in [1.54, 1.807) is 24.3 Å². The van der Waals surface area contributed by atoms with E-state index in [0.717, 1.165) is 37.8 Å². The van der Waals surface area contributed by atoms with Crippen molar-refractivity contribution in [3.05, 3.63) is 94.5 Å². The number of halogens is 2. The Kier molecular flexibility index (Phi) is 7.94. The van der Waals surface area contributed by atoms with Crippen molar-refractivity contribution in [1.29, 1.82) is 0 Å². The molecule has 1 aliphatic heterocycles. The molecule has 0 atom stereocenters. The van der Waals surface area contributed by atoms with Crippen molar-refractivity contribution in [2.24, 2.45) is 0 Å². The molecule has 8 nitrogen and oxygen atoms in total. The Balaban J connectivity index is 1.33. The summed E-state index contributed by atoms with van der Waals surface area (Å²) in [6, 6.07) is 12.7. The lowest BCUT2D eigenvalue weighted by atomic mass is 10.1. The lowest BCUT2D eigenvalue weighted by Crippen LogP contribution is -2.33. The highest BCUT2D eigenvalue weighted by atomic mass is 19.1. The van der Waals surface area contributed by atoms with E-state index in [1.807, 2.05) is 19.4 Å². The number of nitrogens with zero attached hydrogens (tertiary/aromatic N) is 4. The second-order valence-electron chi connectivity index (χ2n) is 8.50. The first kappa shape index (κ1) is 24.9. The van der Waals surface area contributed by atoms with Crippen molar-refractivity contribution < 1.29 is 18.3 Å². The average molecular weight is 496 g/mol. The maximum Gasteiger partial charge on any atom is 0.411 e. The van der Waals surface area contributed by atoms with Crippen molar-refractivity contribution in [1.82, 2.24) is 19.6 Å². The number of ether oxygens (including phenoxy) is 1. The van der Waals surface area contributed by atoms with Gasteiger partial charge in [-0.25, -0.2) is 18.3 Å². The van der Waals surface area contributed by atoms with Gasteiger partial charge in [0.1, 0.15) is 11.6 Å². The van der Waals surface area contributed by atoms with E-state index < -0.39 is 17.7 Å². The van der Waals surface area contributed by atoms with Crippen molar-refractivity contribution >= 4 is 11.8 Å². The molecule has 0 spiro atoms. The molecule has 0 unspecified atom stereocenters. The number of benzene rings is 2. The molecule has 0 aliphatic carbocycles. The minimum absolute atomic E-state index is 0.105. The Morgan fingerprint density at radius 2 is 1.86 bits per heavy atom. The largest absolute Gasteiger partial charge is 0.449 e. The fourth-order valence-electron chi connectivity index (χ4n) is 3.75. The SMILES string of the molecule is CN1C=CN(CCCOC(=O)Nc2cccc(Cn3nc(-c4cc(F)cc(F)c4)ccc3=O)c2)CC1. The summed E-state index contributed by atoms with van der Waals surface area (Å²) in [4.78, 5) is 28.8. The van der Waals surface area contributed by atoms with Gasteiger partial charge in [-0.05, 0) is 42.3 Å². The molecule has 0 fully saturated rings. The number of likely N-dealkylation sites (N-methyl/N-ethyl adjacent to an activating group) is 1. The molecular weight excluding hydrogens is 468 g/mol. The van der Waals surface area contributed by atoms with Gasteiger partial charge in [-0.1, -0.05) is 12.1 Å². The van der Waals surface area contributed by atoms with Crippen LogP contribution in [0.4, 0.5) is 19.3 Å². The summed E-state index contributed by atoms with van der Waals surface area (Å²) in [5.41, 5.74) is 1.33. The van der Waals surface area contributed by atoms with Gasteiger partial charge in [0.05, 0.1) is 18.8 Å². The van der Waals surface area contributed by atoms with E-state index in [2.05, 4.69) is 20.2 Å². The molecule has 3 aromatic rings. The Bertz CT molecular complexity index is 1290. The molecule has 0 bridgehead atoms. The second-order valence-corrected chi connectivity index (χ2v) is 8.50. The smallest absolute Gasteiger partial charge is 0.411 e. The molecule has 1 aliphatic rings. The Hall–Kier alpha value is -4.21. The first-order valence-corrected chi connectivity index (χ1v) is 11.6. The predicted molar refractivity (Wildman–Crippen MR) is 132 cm³/mol. The number of hydrogen-bond acceptors (Lipinski definition) is 6. The Labute approximate surface area is 207 Å². The van der Waals surface area contributed by atoms with Crippen LogP contribution >= 0.6 is 0 Å². The van der Waals surface area contributed by atoms with Gasteiger partial charge in [0.15, 0.2) is 0 Å². The highest BCUT2D eigenvalue weighted by molar-refractivity contribution is 5.84. The fraction of sp³-hybridized carbons (Fsp3) is 0.269. The van der Waals surface area contributed by atoms with E-state index in [1.165, 1.54) is 16.8 Å². The quantitative estimate of drug-likeness (QED) is 0.478. The van der Waals surface area contributed by atoms with Crippen LogP contribution in [0, 0.1) is 11.6 Å². The third kappa shape index (κ3) is 6.91. The summed E-state index contributed by atoms with van der Waals surface area (Å²) in [5, 5.41) is 6.94. The molecule has 10 heteroatoms. The van der Waals surface area contributed by atoms with Crippen LogP contribution in [0.15, 0.2) is 71.8 Å². The van der Waals surface area contributed by atoms with Gasteiger partial charge in [-0.2, -0.15) is 5.10 Å². The summed E-state index contributed by atoms with van der Waals surface area (Å²) in [6.07, 6.45) is 4.19. The summed E-state index contributed by atoms with van der Waals surface area (Å²) >= 11 is 0. The van der Waals surface area contributed by atoms with Crippen LogP contribution in [-0.2, 0) is 11.3 Å². The predicted octanol–water partition coefficient (Wildman–Crippen LogP) is 3.89. The van der Waals surface area contributed by atoms with Crippen LogP contribution in [-0.4, -0.2) is 59.0 Å². The van der Waals surface area contributed by atoms with Gasteiger partial charge in [0.2, 0.25) is 0 Å². The molecule has 2 aromatic carbocycles. The zero-order chi connectivity index (χ0) is 25.5. The molecular formula is C26H27F2N5O3. The van der Waals surface area contributed by atoms with Crippen LogP contribution in [0.2, 0.25) is 0 Å². The molecule has 1 aromatic heterocycles. The fourth-order valence-corrected chi connectivity index (χ4v) is 3.75. The molecule has 0 saturated carbocycles. The van der Waals surface area contributed by atoms with E-state index >= 15 is 0 Å².